The van der Waals surface area contributed by atoms with Gasteiger partial charge in [0, 0.05) is 0 Å². The highest BCUT2D eigenvalue weighted by atomic mass is 16.5. The molecule has 0 saturated carbocycles. The molecule has 2 aromatic carbocycles. The third-order valence-corrected chi connectivity index (χ3v) is 3.48. The van der Waals surface area contributed by atoms with Crippen molar-refractivity contribution >= 4 is 0 Å². The van der Waals surface area contributed by atoms with Crippen LogP contribution in [0.25, 0.3) is 0 Å². The maximum Gasteiger partial charge on any atom is 0.127 e. The van der Waals surface area contributed by atoms with Crippen LogP contribution in [0, 0.1) is 5.92 Å². The minimum absolute atomic E-state index is 0.279. The van der Waals surface area contributed by atoms with Crippen molar-refractivity contribution in [3.05, 3.63) is 60.2 Å². The number of para-hydroxylation sites is 1. The lowest BCUT2D eigenvalue weighted by Crippen LogP contribution is -2.08. The number of aliphatic hydroxyl groups excluding tert-OH is 1. The van der Waals surface area contributed by atoms with Crippen molar-refractivity contribution in [2.75, 3.05) is 0 Å². The van der Waals surface area contributed by atoms with Crippen molar-refractivity contribution in [2.45, 2.75) is 32.8 Å². The lowest BCUT2D eigenvalue weighted by Gasteiger charge is -2.18. The van der Waals surface area contributed by atoms with E-state index in [0.717, 1.165) is 29.9 Å². The van der Waals surface area contributed by atoms with E-state index in [0.29, 0.717) is 0 Å². The largest absolute Gasteiger partial charge is 0.457 e. The molecule has 1 N–H and O–H groups in total. The van der Waals surface area contributed by atoms with Crippen LogP contribution in [0.15, 0.2) is 54.6 Å². The van der Waals surface area contributed by atoms with Crippen LogP contribution in [0.2, 0.25) is 0 Å². The van der Waals surface area contributed by atoms with Crippen molar-refractivity contribution in [3.63, 3.8) is 0 Å². The van der Waals surface area contributed by atoms with Crippen LogP contribution in [0.1, 0.15) is 38.4 Å². The molecular formula is C18H22O2. The Balaban J connectivity index is 2.03. The Bertz CT molecular complexity index is 505. The zero-order valence-electron chi connectivity index (χ0n) is 12.1. The first kappa shape index (κ1) is 14.6. The molecule has 2 rings (SSSR count). The lowest BCUT2D eigenvalue weighted by atomic mass is 9.94. The average Bonchev–Trinajstić information content (AvgIpc) is 2.48. The number of hydrogen-bond donors (Lipinski definition) is 1. The van der Waals surface area contributed by atoms with Gasteiger partial charge in [0.2, 0.25) is 0 Å². The summed E-state index contributed by atoms with van der Waals surface area (Å²) in [6.45, 7) is 4.22. The average molecular weight is 270 g/mol. The second kappa shape index (κ2) is 7.11. The molecule has 2 unspecified atom stereocenters. The second-order valence-corrected chi connectivity index (χ2v) is 5.19. The summed E-state index contributed by atoms with van der Waals surface area (Å²) in [6.07, 6.45) is 1.72. The fourth-order valence-electron chi connectivity index (χ4n) is 2.30. The van der Waals surface area contributed by atoms with Crippen LogP contribution in [-0.4, -0.2) is 5.11 Å². The zero-order chi connectivity index (χ0) is 14.4. The lowest BCUT2D eigenvalue weighted by molar-refractivity contribution is 0.112. The Labute approximate surface area is 121 Å². The van der Waals surface area contributed by atoms with Crippen molar-refractivity contribution in [2.24, 2.45) is 5.92 Å². The zero-order valence-corrected chi connectivity index (χ0v) is 12.1. The molecule has 0 aromatic heterocycles. The highest BCUT2D eigenvalue weighted by Gasteiger charge is 2.15. The van der Waals surface area contributed by atoms with E-state index in [-0.39, 0.29) is 5.92 Å². The van der Waals surface area contributed by atoms with E-state index in [1.54, 1.807) is 0 Å². The molecule has 2 atom stereocenters. The molecule has 0 fully saturated rings. The van der Waals surface area contributed by atoms with Gasteiger partial charge in [0.25, 0.3) is 0 Å². The molecule has 0 bridgehead atoms. The Morgan fingerprint density at radius 2 is 1.55 bits per heavy atom. The van der Waals surface area contributed by atoms with Gasteiger partial charge < -0.3 is 9.84 Å². The molecule has 2 aromatic rings. The maximum absolute atomic E-state index is 10.3. The number of hydrogen-bond acceptors (Lipinski definition) is 2. The summed E-state index contributed by atoms with van der Waals surface area (Å²) in [6, 6.07) is 17.4. The summed E-state index contributed by atoms with van der Waals surface area (Å²) in [7, 11) is 0. The SMILES string of the molecule is CCCC(C)C(O)c1ccc(Oc2ccccc2)cc1. The van der Waals surface area contributed by atoms with Crippen LogP contribution in [-0.2, 0) is 0 Å². The molecule has 2 heteroatoms. The van der Waals surface area contributed by atoms with Gasteiger partial charge in [0.1, 0.15) is 11.5 Å². The molecular weight excluding hydrogens is 248 g/mol. The van der Waals surface area contributed by atoms with E-state index in [2.05, 4.69) is 13.8 Å². The smallest absolute Gasteiger partial charge is 0.127 e. The topological polar surface area (TPSA) is 29.5 Å². The molecule has 0 aliphatic carbocycles. The van der Waals surface area contributed by atoms with Gasteiger partial charge in [-0.2, -0.15) is 0 Å². The van der Waals surface area contributed by atoms with Crippen LogP contribution in [0.4, 0.5) is 0 Å². The van der Waals surface area contributed by atoms with Crippen molar-refractivity contribution < 1.29 is 9.84 Å². The molecule has 0 amide bonds. The number of rotatable bonds is 6. The molecule has 2 nitrogen and oxygen atoms in total. The van der Waals surface area contributed by atoms with Crippen LogP contribution in [0.5, 0.6) is 11.5 Å². The van der Waals surface area contributed by atoms with Gasteiger partial charge >= 0.3 is 0 Å². The predicted octanol–water partition coefficient (Wildman–Crippen LogP) is 4.95. The number of ether oxygens (including phenoxy) is 1. The van der Waals surface area contributed by atoms with Crippen molar-refractivity contribution in [1.82, 2.24) is 0 Å². The van der Waals surface area contributed by atoms with Crippen molar-refractivity contribution in [3.8, 4) is 11.5 Å². The first-order chi connectivity index (χ1) is 9.70. The fourth-order valence-corrected chi connectivity index (χ4v) is 2.30. The van der Waals surface area contributed by atoms with Gasteiger partial charge in [-0.1, -0.05) is 50.6 Å². The fraction of sp³-hybridized carbons (Fsp3) is 0.333. The van der Waals surface area contributed by atoms with Crippen LogP contribution >= 0.6 is 0 Å². The number of aliphatic hydroxyl groups is 1. The van der Waals surface area contributed by atoms with Crippen LogP contribution in [0.3, 0.4) is 0 Å². The Morgan fingerprint density at radius 1 is 0.950 bits per heavy atom. The summed E-state index contributed by atoms with van der Waals surface area (Å²) in [5.74, 6) is 1.89. The van der Waals surface area contributed by atoms with Gasteiger partial charge in [-0.3, -0.25) is 0 Å². The van der Waals surface area contributed by atoms with Crippen LogP contribution < -0.4 is 4.74 Å². The molecule has 0 aliphatic heterocycles. The molecule has 0 heterocycles. The van der Waals surface area contributed by atoms with E-state index < -0.39 is 6.10 Å². The molecule has 0 aliphatic rings. The molecule has 0 spiro atoms. The summed E-state index contributed by atoms with van der Waals surface area (Å²) < 4.78 is 5.74. The maximum atomic E-state index is 10.3. The Morgan fingerprint density at radius 3 is 2.15 bits per heavy atom. The van der Waals surface area contributed by atoms with E-state index >= 15 is 0 Å². The van der Waals surface area contributed by atoms with E-state index in [9.17, 15) is 5.11 Å². The summed E-state index contributed by atoms with van der Waals surface area (Å²) in [5.41, 5.74) is 0.950. The molecule has 20 heavy (non-hydrogen) atoms. The second-order valence-electron chi connectivity index (χ2n) is 5.19. The van der Waals surface area contributed by atoms with Gasteiger partial charge in [0.05, 0.1) is 6.10 Å². The van der Waals surface area contributed by atoms with Gasteiger partial charge in [0.15, 0.2) is 0 Å². The highest BCUT2D eigenvalue weighted by molar-refractivity contribution is 5.33. The first-order valence-corrected chi connectivity index (χ1v) is 7.21. The Hall–Kier alpha value is -1.80. The van der Waals surface area contributed by atoms with E-state index in [4.69, 9.17) is 4.74 Å². The van der Waals surface area contributed by atoms with E-state index in [1.807, 2.05) is 54.6 Å². The summed E-state index contributed by atoms with van der Waals surface area (Å²) in [5, 5.41) is 10.3. The van der Waals surface area contributed by atoms with E-state index in [1.165, 1.54) is 0 Å². The highest BCUT2D eigenvalue weighted by Crippen LogP contribution is 2.28. The normalized spacial score (nSPS) is 13.8. The standard InChI is InChI=1S/C18H22O2/c1-3-7-14(2)18(19)15-10-12-17(13-11-15)20-16-8-5-4-6-9-16/h4-6,8-14,18-19H,3,7H2,1-2H3. The predicted molar refractivity (Wildman–Crippen MR) is 82.0 cm³/mol. The third kappa shape index (κ3) is 3.84. The minimum atomic E-state index is -0.402. The Kier molecular flexibility index (Phi) is 5.19. The summed E-state index contributed by atoms with van der Waals surface area (Å²) >= 11 is 0. The minimum Gasteiger partial charge on any atom is -0.457 e. The van der Waals surface area contributed by atoms with Gasteiger partial charge in [-0.25, -0.2) is 0 Å². The molecule has 106 valence electrons. The van der Waals surface area contributed by atoms with Crippen molar-refractivity contribution in [1.29, 1.82) is 0 Å². The monoisotopic (exact) mass is 270 g/mol. The first-order valence-electron chi connectivity index (χ1n) is 7.21. The quantitative estimate of drug-likeness (QED) is 0.804. The third-order valence-electron chi connectivity index (χ3n) is 3.48. The number of benzene rings is 2. The molecule has 0 saturated heterocycles. The van der Waals surface area contributed by atoms with Gasteiger partial charge in [-0.05, 0) is 42.2 Å². The van der Waals surface area contributed by atoms with Gasteiger partial charge in [-0.15, -0.1) is 0 Å². The summed E-state index contributed by atoms with van der Waals surface area (Å²) in [4.78, 5) is 0. The molecule has 0 radical (unpaired) electrons.